The molecule has 35 heavy (non-hydrogen) atoms. The highest BCUT2D eigenvalue weighted by atomic mass is 35.5. The fraction of sp³-hybridized carbons (Fsp3) is 0.440. The molecule has 1 fully saturated rings. The molecule has 186 valence electrons. The number of carbonyl (C=O) groups is 1. The molecule has 10 heteroatoms. The molecule has 0 saturated carbocycles. The van der Waals surface area contributed by atoms with Gasteiger partial charge in [0.25, 0.3) is 11.5 Å². The van der Waals surface area contributed by atoms with Gasteiger partial charge in [-0.3, -0.25) is 9.59 Å². The van der Waals surface area contributed by atoms with Crippen LogP contribution in [-0.2, 0) is 18.3 Å². The van der Waals surface area contributed by atoms with Crippen LogP contribution in [0.5, 0.6) is 5.75 Å². The molecule has 3 heterocycles. The smallest absolute Gasteiger partial charge is 0.293 e. The zero-order chi connectivity index (χ0) is 25.1. The van der Waals surface area contributed by atoms with Crippen molar-refractivity contribution >= 4 is 34.4 Å². The SMILES string of the molecule is CNC(=O)COc1cc2cc(Cc3nc(N4C[C@H](C)C[C@@H](CO)C4)ncc3Cl)ccc2n(C)c1=O. The number of piperidine rings is 1. The van der Waals surface area contributed by atoms with Crippen molar-refractivity contribution in [2.75, 3.05) is 38.3 Å². The van der Waals surface area contributed by atoms with E-state index in [0.717, 1.165) is 29.4 Å². The van der Waals surface area contributed by atoms with Crippen LogP contribution in [-0.4, -0.2) is 58.9 Å². The van der Waals surface area contributed by atoms with E-state index in [4.69, 9.17) is 21.3 Å². The highest BCUT2D eigenvalue weighted by molar-refractivity contribution is 6.31. The molecule has 1 aliphatic heterocycles. The molecule has 2 N–H and O–H groups in total. The Bertz CT molecular complexity index is 1290. The second-order valence-electron chi connectivity index (χ2n) is 9.16. The lowest BCUT2D eigenvalue weighted by molar-refractivity contribution is -0.122. The summed E-state index contributed by atoms with van der Waals surface area (Å²) in [5, 5.41) is 13.4. The van der Waals surface area contributed by atoms with E-state index >= 15 is 0 Å². The molecule has 0 spiro atoms. The lowest BCUT2D eigenvalue weighted by atomic mass is 9.91. The minimum atomic E-state index is -0.316. The molecule has 2 aromatic heterocycles. The van der Waals surface area contributed by atoms with Gasteiger partial charge in [0, 0.05) is 45.6 Å². The second kappa shape index (κ2) is 10.6. The van der Waals surface area contributed by atoms with Gasteiger partial charge in [-0.2, -0.15) is 0 Å². The minimum absolute atomic E-state index is 0.112. The summed E-state index contributed by atoms with van der Waals surface area (Å²) in [6.45, 7) is 3.63. The number of aliphatic hydroxyl groups excluding tert-OH is 1. The van der Waals surface area contributed by atoms with Crippen molar-refractivity contribution in [1.29, 1.82) is 0 Å². The Kier molecular flexibility index (Phi) is 7.57. The molecule has 1 saturated heterocycles. The van der Waals surface area contributed by atoms with Gasteiger partial charge in [0.05, 0.1) is 22.4 Å². The van der Waals surface area contributed by atoms with Gasteiger partial charge in [-0.1, -0.05) is 24.6 Å². The first kappa shape index (κ1) is 24.9. The van der Waals surface area contributed by atoms with Gasteiger partial charge in [0.1, 0.15) is 0 Å². The Morgan fingerprint density at radius 2 is 2.11 bits per heavy atom. The van der Waals surface area contributed by atoms with Crippen LogP contribution in [0.15, 0.2) is 35.3 Å². The molecule has 0 unspecified atom stereocenters. The number of fused-ring (bicyclic) bond motifs is 1. The average Bonchev–Trinajstić information content (AvgIpc) is 2.85. The van der Waals surface area contributed by atoms with Gasteiger partial charge >= 0.3 is 0 Å². The van der Waals surface area contributed by atoms with Gasteiger partial charge in [-0.25, -0.2) is 9.97 Å². The third kappa shape index (κ3) is 5.57. The second-order valence-corrected chi connectivity index (χ2v) is 9.57. The number of carbonyl (C=O) groups excluding carboxylic acids is 1. The van der Waals surface area contributed by atoms with E-state index in [2.05, 4.69) is 22.1 Å². The number of hydrogen-bond donors (Lipinski definition) is 2. The van der Waals surface area contributed by atoms with Gasteiger partial charge in [-0.05, 0) is 42.0 Å². The number of aromatic nitrogens is 3. The van der Waals surface area contributed by atoms with Gasteiger partial charge < -0.3 is 24.6 Å². The number of aliphatic hydroxyl groups is 1. The number of hydrogen-bond acceptors (Lipinski definition) is 7. The lowest BCUT2D eigenvalue weighted by Gasteiger charge is -2.35. The van der Waals surface area contributed by atoms with Crippen LogP contribution in [0.25, 0.3) is 10.9 Å². The van der Waals surface area contributed by atoms with E-state index in [0.29, 0.717) is 35.5 Å². The number of ether oxygens (including phenoxy) is 1. The number of likely N-dealkylation sites (N-methyl/N-ethyl adjacent to an activating group) is 1. The van der Waals surface area contributed by atoms with E-state index in [1.165, 1.54) is 11.6 Å². The fourth-order valence-corrected chi connectivity index (χ4v) is 4.73. The third-order valence-corrected chi connectivity index (χ3v) is 6.67. The van der Waals surface area contributed by atoms with Crippen LogP contribution in [0.2, 0.25) is 5.02 Å². The van der Waals surface area contributed by atoms with Crippen molar-refractivity contribution in [3.8, 4) is 5.75 Å². The largest absolute Gasteiger partial charge is 0.478 e. The molecular formula is C25H30ClN5O4. The van der Waals surface area contributed by atoms with Crippen LogP contribution >= 0.6 is 11.6 Å². The molecule has 2 atom stereocenters. The summed E-state index contributed by atoms with van der Waals surface area (Å²) >= 11 is 6.46. The normalized spacial score (nSPS) is 18.0. The van der Waals surface area contributed by atoms with Crippen LogP contribution < -0.4 is 20.5 Å². The average molecular weight is 500 g/mol. The highest BCUT2D eigenvalue weighted by Gasteiger charge is 2.26. The van der Waals surface area contributed by atoms with Crippen molar-refractivity contribution in [1.82, 2.24) is 19.9 Å². The number of amides is 1. The van der Waals surface area contributed by atoms with Crippen molar-refractivity contribution < 1.29 is 14.6 Å². The molecule has 0 bridgehead atoms. The molecule has 1 aromatic carbocycles. The number of aryl methyl sites for hydroxylation is 1. The predicted octanol–water partition coefficient (Wildman–Crippen LogP) is 2.15. The number of nitrogens with one attached hydrogen (secondary N) is 1. The molecule has 3 aromatic rings. The topological polar surface area (TPSA) is 110 Å². The molecule has 1 aliphatic rings. The summed E-state index contributed by atoms with van der Waals surface area (Å²) in [5.74, 6) is 1.05. The molecule has 0 radical (unpaired) electrons. The Labute approximate surface area is 208 Å². The quantitative estimate of drug-likeness (QED) is 0.512. The maximum absolute atomic E-state index is 12.6. The number of benzene rings is 1. The van der Waals surface area contributed by atoms with Gasteiger partial charge in [-0.15, -0.1) is 0 Å². The third-order valence-electron chi connectivity index (χ3n) is 6.36. The Hall–Kier alpha value is -3.17. The molecular weight excluding hydrogens is 470 g/mol. The zero-order valence-electron chi connectivity index (χ0n) is 20.1. The first-order valence-corrected chi connectivity index (χ1v) is 12.0. The molecule has 0 aliphatic carbocycles. The van der Waals surface area contributed by atoms with Crippen LogP contribution in [0.1, 0.15) is 24.6 Å². The molecule has 1 amide bonds. The highest BCUT2D eigenvalue weighted by Crippen LogP contribution is 2.27. The monoisotopic (exact) mass is 499 g/mol. The number of halogens is 1. The number of nitrogens with zero attached hydrogens (tertiary/aromatic N) is 4. The summed E-state index contributed by atoms with van der Waals surface area (Å²) in [6.07, 6.45) is 3.10. The summed E-state index contributed by atoms with van der Waals surface area (Å²) in [5.41, 5.74) is 2.10. The van der Waals surface area contributed by atoms with E-state index in [1.54, 1.807) is 19.3 Å². The van der Waals surface area contributed by atoms with Crippen molar-refractivity contribution in [2.24, 2.45) is 18.9 Å². The maximum atomic E-state index is 12.6. The van der Waals surface area contributed by atoms with E-state index < -0.39 is 0 Å². The van der Waals surface area contributed by atoms with Crippen LogP contribution in [0.3, 0.4) is 0 Å². The lowest BCUT2D eigenvalue weighted by Crippen LogP contribution is -2.41. The van der Waals surface area contributed by atoms with Crippen molar-refractivity contribution in [2.45, 2.75) is 19.8 Å². The standard InChI is InChI=1S/C25H30ClN5O4/c1-15-6-17(13-32)12-31(11-15)25-28-10-19(26)20(29-25)8-16-4-5-21-18(7-16)9-22(24(34)30(21)3)35-14-23(33)27-2/h4-5,7,9-10,15,17,32H,6,8,11-14H2,1-3H3,(H,27,33)/t15-,17-/m1/s1. The Morgan fingerprint density at radius 3 is 2.86 bits per heavy atom. The van der Waals surface area contributed by atoms with Crippen LogP contribution in [0.4, 0.5) is 5.95 Å². The fourth-order valence-electron chi connectivity index (χ4n) is 4.57. The first-order valence-electron chi connectivity index (χ1n) is 11.6. The van der Waals surface area contributed by atoms with Crippen molar-refractivity contribution in [3.63, 3.8) is 0 Å². The number of pyridine rings is 1. The van der Waals surface area contributed by atoms with E-state index in [9.17, 15) is 14.7 Å². The first-order chi connectivity index (χ1) is 16.8. The maximum Gasteiger partial charge on any atom is 0.293 e. The summed E-state index contributed by atoms with van der Waals surface area (Å²) in [4.78, 5) is 35.5. The minimum Gasteiger partial charge on any atom is -0.478 e. The Morgan fingerprint density at radius 1 is 1.31 bits per heavy atom. The van der Waals surface area contributed by atoms with Crippen LogP contribution in [0, 0.1) is 11.8 Å². The number of anilines is 1. The van der Waals surface area contributed by atoms with E-state index in [-0.39, 0.29) is 36.3 Å². The molecule has 9 nitrogen and oxygen atoms in total. The Balaban J connectivity index is 1.61. The predicted molar refractivity (Wildman–Crippen MR) is 135 cm³/mol. The summed E-state index contributed by atoms with van der Waals surface area (Å²) in [6, 6.07) is 7.43. The summed E-state index contributed by atoms with van der Waals surface area (Å²) in [7, 11) is 3.18. The molecule has 4 rings (SSSR count). The van der Waals surface area contributed by atoms with Gasteiger partial charge in [0.2, 0.25) is 5.95 Å². The number of rotatable bonds is 7. The summed E-state index contributed by atoms with van der Waals surface area (Å²) < 4.78 is 6.96. The van der Waals surface area contributed by atoms with Crippen molar-refractivity contribution in [3.05, 3.63) is 57.1 Å². The van der Waals surface area contributed by atoms with E-state index in [1.807, 2.05) is 18.2 Å². The zero-order valence-corrected chi connectivity index (χ0v) is 20.9. The van der Waals surface area contributed by atoms with Gasteiger partial charge in [0.15, 0.2) is 12.4 Å².